The molecule has 5 nitrogen and oxygen atoms in total. The Bertz CT molecular complexity index is 650. The molecule has 0 radical (unpaired) electrons. The summed E-state index contributed by atoms with van der Waals surface area (Å²) in [4.78, 5) is 28.9. The van der Waals surface area contributed by atoms with E-state index in [-0.39, 0.29) is 11.7 Å². The molecule has 3 aliphatic heterocycles. The molecule has 5 heteroatoms. The van der Waals surface area contributed by atoms with Gasteiger partial charge in [0, 0.05) is 51.3 Å². The fourth-order valence-corrected chi connectivity index (χ4v) is 3.98. The van der Waals surface area contributed by atoms with E-state index in [9.17, 15) is 9.59 Å². The van der Waals surface area contributed by atoms with E-state index in [0.29, 0.717) is 12.8 Å². The molecule has 1 N–H and O–H groups in total. The van der Waals surface area contributed by atoms with Crippen LogP contribution in [-0.2, 0) is 17.6 Å². The molecular formula is C18H23N3O2. The van der Waals surface area contributed by atoms with Crippen molar-refractivity contribution in [2.45, 2.75) is 25.7 Å². The van der Waals surface area contributed by atoms with Gasteiger partial charge in [0.1, 0.15) is 0 Å². The number of carbonyl (C=O) groups is 2. The average Bonchev–Trinajstić information content (AvgIpc) is 2.91. The Morgan fingerprint density at radius 1 is 1.13 bits per heavy atom. The monoisotopic (exact) mass is 313 g/mol. The van der Waals surface area contributed by atoms with Crippen LogP contribution in [0.3, 0.4) is 0 Å². The lowest BCUT2D eigenvalue weighted by Crippen LogP contribution is -2.44. The second-order valence-corrected chi connectivity index (χ2v) is 6.73. The molecule has 0 bridgehead atoms. The molecule has 3 aliphatic rings. The van der Waals surface area contributed by atoms with Gasteiger partial charge in [-0.3, -0.25) is 9.59 Å². The van der Waals surface area contributed by atoms with Crippen molar-refractivity contribution in [1.29, 1.82) is 0 Å². The summed E-state index contributed by atoms with van der Waals surface area (Å²) in [6.45, 7) is 5.72. The standard InChI is InChI=1S/C18H23N3O2/c22-16(3-7-20-8-4-19-5-9-20)14-10-13-2-1-6-21-17(23)12-15(11-14)18(13)21/h10-11,19H,1-9,12H2. The van der Waals surface area contributed by atoms with Gasteiger partial charge < -0.3 is 15.1 Å². The first-order valence-corrected chi connectivity index (χ1v) is 8.65. The third-order valence-electron chi connectivity index (χ3n) is 5.19. The zero-order valence-electron chi connectivity index (χ0n) is 13.4. The van der Waals surface area contributed by atoms with Crippen molar-refractivity contribution in [2.75, 3.05) is 44.2 Å². The molecular weight excluding hydrogens is 290 g/mol. The third kappa shape index (κ3) is 2.79. The summed E-state index contributed by atoms with van der Waals surface area (Å²) in [7, 11) is 0. The molecule has 1 saturated heterocycles. The van der Waals surface area contributed by atoms with Gasteiger partial charge in [-0.25, -0.2) is 0 Å². The van der Waals surface area contributed by atoms with Crippen LogP contribution in [0.2, 0.25) is 0 Å². The topological polar surface area (TPSA) is 52.7 Å². The predicted octanol–water partition coefficient (Wildman–Crippen LogP) is 1.000. The maximum Gasteiger partial charge on any atom is 0.231 e. The fourth-order valence-electron chi connectivity index (χ4n) is 3.98. The summed E-state index contributed by atoms with van der Waals surface area (Å²) in [6, 6.07) is 3.99. The van der Waals surface area contributed by atoms with Crippen molar-refractivity contribution in [3.8, 4) is 0 Å². The Hall–Kier alpha value is -1.72. The van der Waals surface area contributed by atoms with Crippen LogP contribution in [0.25, 0.3) is 0 Å². The average molecular weight is 313 g/mol. The highest BCUT2D eigenvalue weighted by Crippen LogP contribution is 2.37. The van der Waals surface area contributed by atoms with Crippen LogP contribution in [0.1, 0.15) is 34.3 Å². The number of hydrogen-bond acceptors (Lipinski definition) is 4. The molecule has 1 amide bonds. The van der Waals surface area contributed by atoms with Crippen LogP contribution in [-0.4, -0.2) is 55.9 Å². The zero-order chi connectivity index (χ0) is 15.8. The summed E-state index contributed by atoms with van der Waals surface area (Å²) in [6.07, 6.45) is 3.00. The van der Waals surface area contributed by atoms with Crippen LogP contribution >= 0.6 is 0 Å². The van der Waals surface area contributed by atoms with Gasteiger partial charge in [0.25, 0.3) is 0 Å². The second kappa shape index (κ2) is 6.06. The van der Waals surface area contributed by atoms with Crippen molar-refractivity contribution < 1.29 is 9.59 Å². The van der Waals surface area contributed by atoms with Gasteiger partial charge in [0.05, 0.1) is 12.1 Å². The quantitative estimate of drug-likeness (QED) is 0.843. The number of hydrogen-bond donors (Lipinski definition) is 1. The molecule has 0 aromatic heterocycles. The minimum atomic E-state index is 0.186. The number of Topliss-reactive ketones (excluding diaryl/α,β-unsaturated/α-hetero) is 1. The van der Waals surface area contributed by atoms with Crippen molar-refractivity contribution >= 4 is 17.4 Å². The van der Waals surface area contributed by atoms with Gasteiger partial charge in [-0.2, -0.15) is 0 Å². The maximum atomic E-state index is 12.6. The number of ketones is 1. The van der Waals surface area contributed by atoms with E-state index in [2.05, 4.69) is 10.2 Å². The normalized spacial score (nSPS) is 20.7. The molecule has 23 heavy (non-hydrogen) atoms. The number of benzene rings is 1. The third-order valence-corrected chi connectivity index (χ3v) is 5.19. The molecule has 3 heterocycles. The summed E-state index contributed by atoms with van der Waals surface area (Å²) in [5.41, 5.74) is 4.13. The molecule has 122 valence electrons. The Kier molecular flexibility index (Phi) is 3.91. The number of rotatable bonds is 4. The van der Waals surface area contributed by atoms with E-state index in [1.807, 2.05) is 17.0 Å². The highest BCUT2D eigenvalue weighted by Gasteiger charge is 2.32. The van der Waals surface area contributed by atoms with E-state index in [1.165, 1.54) is 5.56 Å². The molecule has 1 aromatic rings. The summed E-state index contributed by atoms with van der Waals surface area (Å²) in [5, 5.41) is 3.33. The van der Waals surface area contributed by atoms with Crippen LogP contribution in [0.15, 0.2) is 12.1 Å². The second-order valence-electron chi connectivity index (χ2n) is 6.73. The van der Waals surface area contributed by atoms with Crippen LogP contribution in [0, 0.1) is 0 Å². The van der Waals surface area contributed by atoms with Crippen molar-refractivity contribution in [3.63, 3.8) is 0 Å². The lowest BCUT2D eigenvalue weighted by atomic mass is 9.94. The van der Waals surface area contributed by atoms with Gasteiger partial charge >= 0.3 is 0 Å². The number of aryl methyl sites for hydroxylation is 1. The Morgan fingerprint density at radius 2 is 1.91 bits per heavy atom. The van der Waals surface area contributed by atoms with E-state index in [4.69, 9.17) is 0 Å². The van der Waals surface area contributed by atoms with E-state index in [0.717, 1.165) is 68.9 Å². The molecule has 1 aromatic carbocycles. The summed E-state index contributed by atoms with van der Waals surface area (Å²) in [5.74, 6) is 0.394. The van der Waals surface area contributed by atoms with Gasteiger partial charge in [0.2, 0.25) is 5.91 Å². The number of anilines is 1. The first-order chi connectivity index (χ1) is 11.2. The zero-order valence-corrected chi connectivity index (χ0v) is 13.4. The maximum absolute atomic E-state index is 12.6. The minimum Gasteiger partial charge on any atom is -0.314 e. The highest BCUT2D eigenvalue weighted by atomic mass is 16.2. The van der Waals surface area contributed by atoms with Crippen LogP contribution in [0.4, 0.5) is 5.69 Å². The van der Waals surface area contributed by atoms with E-state index in [1.54, 1.807) is 0 Å². The van der Waals surface area contributed by atoms with Crippen molar-refractivity contribution in [3.05, 3.63) is 28.8 Å². The first-order valence-electron chi connectivity index (χ1n) is 8.65. The fraction of sp³-hybridized carbons (Fsp3) is 0.556. The van der Waals surface area contributed by atoms with Crippen molar-refractivity contribution in [2.24, 2.45) is 0 Å². The number of amides is 1. The van der Waals surface area contributed by atoms with Gasteiger partial charge in [0.15, 0.2) is 5.78 Å². The lowest BCUT2D eigenvalue weighted by Gasteiger charge is -2.27. The number of nitrogens with one attached hydrogen (secondary N) is 1. The van der Waals surface area contributed by atoms with Crippen molar-refractivity contribution in [1.82, 2.24) is 10.2 Å². The summed E-state index contributed by atoms with van der Waals surface area (Å²) < 4.78 is 0. The molecule has 0 aliphatic carbocycles. The SMILES string of the molecule is O=C(CCN1CCNCC1)c1cc2c3c(c1)CC(=O)N3CCC2. The minimum absolute atomic E-state index is 0.186. The van der Waals surface area contributed by atoms with Gasteiger partial charge in [-0.1, -0.05) is 0 Å². The Balaban J connectivity index is 1.50. The molecule has 4 rings (SSSR count). The van der Waals surface area contributed by atoms with E-state index >= 15 is 0 Å². The molecule has 0 atom stereocenters. The molecule has 1 fully saturated rings. The molecule has 0 saturated carbocycles. The van der Waals surface area contributed by atoms with E-state index < -0.39 is 0 Å². The first kappa shape index (κ1) is 14.8. The number of nitrogens with zero attached hydrogens (tertiary/aromatic N) is 2. The number of carbonyl (C=O) groups excluding carboxylic acids is 2. The van der Waals surface area contributed by atoms with Crippen LogP contribution < -0.4 is 10.2 Å². The molecule has 0 spiro atoms. The van der Waals surface area contributed by atoms with Gasteiger partial charge in [-0.15, -0.1) is 0 Å². The van der Waals surface area contributed by atoms with Gasteiger partial charge in [-0.05, 0) is 36.1 Å². The smallest absolute Gasteiger partial charge is 0.231 e. The predicted molar refractivity (Wildman–Crippen MR) is 89.1 cm³/mol. The van der Waals surface area contributed by atoms with Crippen LogP contribution in [0.5, 0.6) is 0 Å². The summed E-state index contributed by atoms with van der Waals surface area (Å²) >= 11 is 0. The molecule has 0 unspecified atom stereocenters. The largest absolute Gasteiger partial charge is 0.314 e. The highest BCUT2D eigenvalue weighted by molar-refractivity contribution is 6.05. The lowest BCUT2D eigenvalue weighted by molar-refractivity contribution is -0.117. The number of piperazine rings is 1. The Morgan fingerprint density at radius 3 is 2.74 bits per heavy atom. The Labute approximate surface area is 136 Å².